The lowest BCUT2D eigenvalue weighted by atomic mass is 9.95. The molecule has 0 fully saturated rings. The molecule has 0 radical (unpaired) electrons. The number of hydrogen-bond donors (Lipinski definition) is 2. The predicted octanol–water partition coefficient (Wildman–Crippen LogP) is 9.47. The van der Waals surface area contributed by atoms with Gasteiger partial charge in [0.15, 0.2) is 0 Å². The van der Waals surface area contributed by atoms with Gasteiger partial charge in [0.1, 0.15) is 0 Å². The molecule has 0 heterocycles. The van der Waals surface area contributed by atoms with Gasteiger partial charge in [-0.05, 0) is 105 Å². The molecule has 2 unspecified atom stereocenters. The van der Waals surface area contributed by atoms with Crippen molar-refractivity contribution >= 4 is 64.6 Å². The summed E-state index contributed by atoms with van der Waals surface area (Å²) in [4.78, 5) is 0. The third-order valence-corrected chi connectivity index (χ3v) is 8.72. The van der Waals surface area contributed by atoms with Gasteiger partial charge in [-0.1, -0.05) is 103 Å². The molecule has 8 aromatic carbocycles. The largest absolute Gasteiger partial charge is 0.388 e. The summed E-state index contributed by atoms with van der Waals surface area (Å²) in [6.45, 7) is 0. The van der Waals surface area contributed by atoms with Crippen molar-refractivity contribution in [2.75, 3.05) is 0 Å². The third kappa shape index (κ3) is 3.34. The van der Waals surface area contributed by atoms with Crippen LogP contribution < -0.4 is 0 Å². The number of benzene rings is 8. The fourth-order valence-electron chi connectivity index (χ4n) is 6.85. The van der Waals surface area contributed by atoms with Crippen molar-refractivity contribution in [3.05, 3.63) is 144 Å². The second-order valence-corrected chi connectivity index (χ2v) is 11.0. The van der Waals surface area contributed by atoms with Crippen molar-refractivity contribution in [2.45, 2.75) is 24.9 Å². The van der Waals surface area contributed by atoms with Crippen molar-refractivity contribution in [3.8, 4) is 0 Å². The lowest BCUT2D eigenvalue weighted by molar-refractivity contribution is 0.185. The van der Waals surface area contributed by atoms with Crippen LogP contribution in [0.1, 0.15) is 42.6 Å². The molecule has 0 saturated heterocycles. The fourth-order valence-corrected chi connectivity index (χ4v) is 6.85. The van der Waals surface area contributed by atoms with Gasteiger partial charge in [0.2, 0.25) is 2.86 Å². The van der Waals surface area contributed by atoms with E-state index in [9.17, 15) is 0 Å². The summed E-state index contributed by atoms with van der Waals surface area (Å²) < 4.78 is 66.7. The van der Waals surface area contributed by atoms with Crippen LogP contribution in [0.4, 0.5) is 0 Å². The molecular weight excluding hydrogens is 516 g/mol. The quantitative estimate of drug-likeness (QED) is 0.127. The van der Waals surface area contributed by atoms with Crippen molar-refractivity contribution in [2.24, 2.45) is 0 Å². The number of fused-ring (bicyclic) bond motifs is 8. The molecule has 2 N–H and O–H groups in total. The summed E-state index contributed by atoms with van der Waals surface area (Å²) in [5.41, 5.74) is 1.73. The van der Waals surface area contributed by atoms with Crippen LogP contribution in [-0.2, 0) is 12.7 Å². The van der Waals surface area contributed by atoms with E-state index in [1.54, 1.807) is 18.2 Å². The zero-order valence-electron chi connectivity index (χ0n) is 30.4. The molecule has 0 saturated carbocycles. The summed E-state index contributed by atoms with van der Waals surface area (Å²) >= 11 is 0. The summed E-state index contributed by atoms with van der Waals surface area (Å²) in [6, 6.07) is 38.6. The van der Waals surface area contributed by atoms with E-state index in [0.717, 1.165) is 53.9 Å². The zero-order chi connectivity index (χ0) is 34.8. The van der Waals surface area contributed by atoms with E-state index in [-0.39, 0.29) is 0 Å². The molecule has 2 aliphatic rings. The van der Waals surface area contributed by atoms with Crippen LogP contribution in [0.15, 0.2) is 121 Å². The normalized spacial score (nSPS) is 25.7. The van der Waals surface area contributed by atoms with Crippen molar-refractivity contribution in [1.82, 2.24) is 0 Å². The molecule has 0 spiro atoms. The molecule has 0 aromatic heterocycles. The van der Waals surface area contributed by atoms with E-state index in [4.69, 9.17) is 16.2 Å². The first kappa shape index (κ1) is 17.3. The molecule has 0 aliphatic heterocycles. The second kappa shape index (κ2) is 8.87. The first-order valence-electron chi connectivity index (χ1n) is 17.8. The van der Waals surface area contributed by atoms with Crippen molar-refractivity contribution in [3.63, 3.8) is 0 Å². The van der Waals surface area contributed by atoms with Crippen LogP contribution >= 0.6 is 0 Å². The van der Waals surface area contributed by atoms with E-state index >= 15 is 0 Å². The zero-order valence-corrected chi connectivity index (χ0v) is 22.4. The van der Waals surface area contributed by atoms with Crippen LogP contribution in [0.25, 0.3) is 64.6 Å². The van der Waals surface area contributed by atoms with E-state index in [0.29, 0.717) is 33.0 Å². The summed E-state index contributed by atoms with van der Waals surface area (Å²) in [5, 5.41) is 20.0. The van der Waals surface area contributed by atoms with E-state index in [1.807, 2.05) is 103 Å². The Kier molecular flexibility index (Phi) is 3.64. The van der Waals surface area contributed by atoms with Crippen LogP contribution in [0.5, 0.6) is 0 Å². The van der Waals surface area contributed by atoms with E-state index < -0.39 is 24.9 Å². The molecule has 2 heteroatoms. The van der Waals surface area contributed by atoms with Gasteiger partial charge >= 0.3 is 0 Å². The van der Waals surface area contributed by atoms with E-state index in [2.05, 4.69) is 5.11 Å². The van der Waals surface area contributed by atoms with Gasteiger partial charge < -0.3 is 10.2 Å². The highest BCUT2D eigenvalue weighted by Crippen LogP contribution is 2.45. The maximum absolute atomic E-state index is 8.67. The second-order valence-electron chi connectivity index (χ2n) is 11.0. The molecular formula is C40H28O2. The number of hydrogen-bond acceptors (Lipinski definition) is 2. The van der Waals surface area contributed by atoms with Crippen LogP contribution in [0.2, 0.25) is 0 Å². The SMILES string of the molecule is [2H]O[13C]1([2H])c2cc3ccccc3c3cc4ccccc4c(c23)[13C]1([2H])[2H].[2H]O[13C]1([2H])c2cccc3cc4c(ccc5ccccc54)c(c23)[13C]1([2H])[2H]. The Balaban J connectivity index is 0.000000135. The summed E-state index contributed by atoms with van der Waals surface area (Å²) in [6.07, 6.45) is -8.43. The molecule has 0 amide bonds. The first-order chi connectivity index (χ1) is 24.0. The monoisotopic (exact) mass is 552 g/mol. The number of rotatable bonds is 2. The average molecular weight is 553 g/mol. The third-order valence-electron chi connectivity index (χ3n) is 8.72. The van der Waals surface area contributed by atoms with Gasteiger partial charge in [-0.2, -0.15) is 0 Å². The molecule has 2 nitrogen and oxygen atoms in total. The van der Waals surface area contributed by atoms with Gasteiger partial charge in [0, 0.05) is 18.2 Å². The molecule has 2 atom stereocenters. The van der Waals surface area contributed by atoms with Crippen molar-refractivity contribution < 1.29 is 18.4 Å². The summed E-state index contributed by atoms with van der Waals surface area (Å²) in [7, 11) is 0. The number of aliphatic hydroxyl groups is 2. The molecule has 10 rings (SSSR count). The molecule has 42 heavy (non-hydrogen) atoms. The Labute approximate surface area is 254 Å². The van der Waals surface area contributed by atoms with Crippen molar-refractivity contribution in [1.29, 1.82) is 2.86 Å². The van der Waals surface area contributed by atoms with Gasteiger partial charge in [0.05, 0.1) is 14.9 Å². The van der Waals surface area contributed by atoms with Gasteiger partial charge in [-0.3, -0.25) is 0 Å². The maximum atomic E-state index is 8.67. The van der Waals surface area contributed by atoms with E-state index in [1.165, 1.54) is 0 Å². The molecule has 200 valence electrons. The molecule has 8 aromatic rings. The highest BCUT2D eigenvalue weighted by molar-refractivity contribution is 6.17. The van der Waals surface area contributed by atoms with Gasteiger partial charge in [0.25, 0.3) is 0 Å². The van der Waals surface area contributed by atoms with Crippen LogP contribution in [-0.4, -0.2) is 13.1 Å². The van der Waals surface area contributed by atoms with Crippen LogP contribution in [0, 0.1) is 0 Å². The maximum Gasteiger partial charge on any atom is 0.211 e. The Hall–Kier alpha value is -4.76. The highest BCUT2D eigenvalue weighted by Gasteiger charge is 2.26. The minimum Gasteiger partial charge on any atom is -0.388 e. The topological polar surface area (TPSA) is 40.5 Å². The smallest absolute Gasteiger partial charge is 0.211 e. The lowest BCUT2D eigenvalue weighted by Crippen LogP contribution is -1.92. The predicted molar refractivity (Wildman–Crippen MR) is 175 cm³/mol. The highest BCUT2D eigenvalue weighted by atomic mass is 16.4. The Morgan fingerprint density at radius 3 is 1.86 bits per heavy atom. The Morgan fingerprint density at radius 1 is 0.476 bits per heavy atom. The van der Waals surface area contributed by atoms with Crippen LogP contribution in [0.3, 0.4) is 0 Å². The molecule has 0 bridgehead atoms. The summed E-state index contributed by atoms with van der Waals surface area (Å²) in [5.74, 6) is 0. The Bertz CT molecular complexity index is 2750. The average Bonchev–Trinajstić information content (AvgIpc) is 3.44. The Morgan fingerprint density at radius 2 is 1.07 bits per heavy atom. The fraction of sp³-hybridized carbons (Fsp3) is 0.100. The lowest BCUT2D eigenvalue weighted by Gasteiger charge is -2.10. The standard InChI is InChI=1S/2C20H14O/c21-19-11-17-15-8-4-1-5-12(15)9-16-14-7-3-2-6-13(14)10-18(19)20(16)17;21-19-11-18-15-9-8-12-4-1-2-6-14(12)17(15)10-13-5-3-7-16(19)20(13)18/h2*1-10,19,21H,11H2/i2*11+1D2,19+1D,21D. The molecule has 2 aliphatic carbocycles. The minimum absolute atomic E-state index is 0.412. The first-order valence-corrected chi connectivity index (χ1v) is 14.0. The van der Waals surface area contributed by atoms with Gasteiger partial charge in [-0.15, -0.1) is 0 Å². The minimum atomic E-state index is -2.13. The van der Waals surface area contributed by atoms with Gasteiger partial charge in [-0.25, -0.2) is 0 Å².